The fraction of sp³-hybridized carbons (Fsp3) is 0. The van der Waals surface area contributed by atoms with Crippen LogP contribution >= 0.6 is 45.8 Å². The van der Waals surface area contributed by atoms with E-state index in [-0.39, 0.29) is 10.8 Å². The minimum absolute atomic E-state index is 0.0943. The van der Waals surface area contributed by atoms with Gasteiger partial charge in [-0.15, -0.1) is 0 Å². The van der Waals surface area contributed by atoms with Crippen LogP contribution in [0.15, 0.2) is 47.3 Å². The van der Waals surface area contributed by atoms with Gasteiger partial charge in [0.2, 0.25) is 5.28 Å². The Morgan fingerprint density at radius 3 is 2.60 bits per heavy atom. The quantitative estimate of drug-likeness (QED) is 0.438. The maximum atomic E-state index is 12.6. The maximum Gasteiger partial charge on any atom is 0.266 e. The van der Waals surface area contributed by atoms with E-state index < -0.39 is 0 Å². The topological polar surface area (TPSA) is 34.9 Å². The van der Waals surface area contributed by atoms with Crippen LogP contribution < -0.4 is 5.56 Å². The van der Waals surface area contributed by atoms with Gasteiger partial charge in [-0.05, 0) is 64.5 Å². The van der Waals surface area contributed by atoms with E-state index in [1.165, 1.54) is 4.57 Å². The highest BCUT2D eigenvalue weighted by molar-refractivity contribution is 14.1. The molecular weight excluding hydrogens is 410 g/mol. The Morgan fingerprint density at radius 2 is 1.85 bits per heavy atom. The van der Waals surface area contributed by atoms with Crippen LogP contribution in [-0.4, -0.2) is 9.55 Å². The third kappa shape index (κ3) is 2.32. The van der Waals surface area contributed by atoms with Gasteiger partial charge in [0.25, 0.3) is 5.56 Å². The summed E-state index contributed by atoms with van der Waals surface area (Å²) in [4.78, 5) is 16.9. The van der Waals surface area contributed by atoms with Crippen LogP contribution in [0.2, 0.25) is 10.3 Å². The van der Waals surface area contributed by atoms with Gasteiger partial charge >= 0.3 is 0 Å². The SMILES string of the molecule is O=c1c2cc(I)ccc2nc(Cl)n1-c1ccccc1Cl. The van der Waals surface area contributed by atoms with E-state index in [0.717, 1.165) is 3.57 Å². The lowest BCUT2D eigenvalue weighted by Crippen LogP contribution is -2.20. The van der Waals surface area contributed by atoms with Crippen LogP contribution in [0.25, 0.3) is 16.6 Å². The molecule has 0 saturated carbocycles. The molecule has 0 aliphatic rings. The fourth-order valence-electron chi connectivity index (χ4n) is 1.97. The summed E-state index contributed by atoms with van der Waals surface area (Å²) < 4.78 is 2.28. The van der Waals surface area contributed by atoms with Crippen molar-refractivity contribution in [2.24, 2.45) is 0 Å². The van der Waals surface area contributed by atoms with Crippen molar-refractivity contribution in [2.75, 3.05) is 0 Å². The zero-order valence-corrected chi connectivity index (χ0v) is 13.6. The van der Waals surface area contributed by atoms with Crippen molar-refractivity contribution in [2.45, 2.75) is 0 Å². The van der Waals surface area contributed by atoms with Gasteiger partial charge in [-0.1, -0.05) is 23.7 Å². The van der Waals surface area contributed by atoms with Crippen LogP contribution in [0.5, 0.6) is 0 Å². The van der Waals surface area contributed by atoms with Crippen LogP contribution in [-0.2, 0) is 0 Å². The molecule has 0 radical (unpaired) electrons. The molecule has 3 rings (SSSR count). The third-order valence-corrected chi connectivity index (χ3v) is 4.13. The van der Waals surface area contributed by atoms with Crippen molar-refractivity contribution < 1.29 is 0 Å². The summed E-state index contributed by atoms with van der Waals surface area (Å²) in [6.07, 6.45) is 0. The second-order valence-electron chi connectivity index (χ2n) is 4.13. The molecule has 3 aromatic rings. The van der Waals surface area contributed by atoms with E-state index in [0.29, 0.717) is 21.6 Å². The normalized spacial score (nSPS) is 10.9. The van der Waals surface area contributed by atoms with Gasteiger partial charge in [0.1, 0.15) is 0 Å². The first kappa shape index (κ1) is 13.9. The molecular formula is C14H7Cl2IN2O. The molecule has 0 atom stereocenters. The highest BCUT2D eigenvalue weighted by atomic mass is 127. The Kier molecular flexibility index (Phi) is 3.70. The first-order valence-electron chi connectivity index (χ1n) is 5.70. The Balaban J connectivity index is 2.43. The molecule has 0 bridgehead atoms. The van der Waals surface area contributed by atoms with E-state index in [9.17, 15) is 4.79 Å². The molecule has 0 aliphatic carbocycles. The molecule has 0 aliphatic heterocycles. The van der Waals surface area contributed by atoms with Gasteiger partial charge in [0.05, 0.1) is 21.6 Å². The Labute approximate surface area is 138 Å². The highest BCUT2D eigenvalue weighted by Gasteiger charge is 2.13. The number of fused-ring (bicyclic) bond motifs is 1. The molecule has 0 unspecified atom stereocenters. The van der Waals surface area contributed by atoms with Crippen LogP contribution in [0.4, 0.5) is 0 Å². The minimum Gasteiger partial charge on any atom is -0.268 e. The monoisotopic (exact) mass is 416 g/mol. The van der Waals surface area contributed by atoms with Crippen molar-refractivity contribution in [3.05, 3.63) is 66.7 Å². The van der Waals surface area contributed by atoms with Gasteiger partial charge in [-0.2, -0.15) is 0 Å². The van der Waals surface area contributed by atoms with Crippen molar-refractivity contribution >= 4 is 56.7 Å². The van der Waals surface area contributed by atoms with Crippen molar-refractivity contribution in [1.29, 1.82) is 0 Å². The van der Waals surface area contributed by atoms with Gasteiger partial charge in [-0.25, -0.2) is 9.55 Å². The standard InChI is InChI=1S/C14H7Cl2IN2O/c15-10-3-1-2-4-12(10)19-13(20)9-7-8(17)5-6-11(9)18-14(19)16/h1-7H. The number of rotatable bonds is 1. The molecule has 0 fully saturated rings. The molecule has 0 N–H and O–H groups in total. The van der Waals surface area contributed by atoms with Crippen LogP contribution in [0.1, 0.15) is 0 Å². The molecule has 6 heteroatoms. The first-order chi connectivity index (χ1) is 9.58. The number of aromatic nitrogens is 2. The van der Waals surface area contributed by atoms with Crippen molar-refractivity contribution in [3.8, 4) is 5.69 Å². The number of hydrogen-bond acceptors (Lipinski definition) is 2. The number of nitrogens with zero attached hydrogens (tertiary/aromatic N) is 2. The largest absolute Gasteiger partial charge is 0.268 e. The number of halogens is 3. The van der Waals surface area contributed by atoms with E-state index in [4.69, 9.17) is 23.2 Å². The van der Waals surface area contributed by atoms with Gasteiger partial charge in [0.15, 0.2) is 0 Å². The molecule has 0 saturated heterocycles. The Bertz CT molecular complexity index is 877. The molecule has 2 aromatic carbocycles. The van der Waals surface area contributed by atoms with E-state index in [1.54, 1.807) is 36.4 Å². The zero-order chi connectivity index (χ0) is 14.3. The summed E-state index contributed by atoms with van der Waals surface area (Å²) in [7, 11) is 0. The average molecular weight is 417 g/mol. The zero-order valence-electron chi connectivity index (χ0n) is 9.98. The fourth-order valence-corrected chi connectivity index (χ4v) is 2.94. The van der Waals surface area contributed by atoms with Crippen molar-refractivity contribution in [3.63, 3.8) is 0 Å². The highest BCUT2D eigenvalue weighted by Crippen LogP contribution is 2.23. The Morgan fingerprint density at radius 1 is 1.10 bits per heavy atom. The smallest absolute Gasteiger partial charge is 0.266 e. The molecule has 1 heterocycles. The molecule has 1 aromatic heterocycles. The minimum atomic E-state index is -0.230. The lowest BCUT2D eigenvalue weighted by Gasteiger charge is -2.10. The summed E-state index contributed by atoms with van der Waals surface area (Å²) >= 11 is 14.4. The second-order valence-corrected chi connectivity index (χ2v) is 6.13. The summed E-state index contributed by atoms with van der Waals surface area (Å²) in [5, 5.41) is 1.06. The predicted molar refractivity (Wildman–Crippen MR) is 90.1 cm³/mol. The number of hydrogen-bond donors (Lipinski definition) is 0. The molecule has 0 amide bonds. The van der Waals surface area contributed by atoms with E-state index in [1.807, 2.05) is 6.07 Å². The summed E-state index contributed by atoms with van der Waals surface area (Å²) in [5.41, 5.74) is 0.868. The first-order valence-corrected chi connectivity index (χ1v) is 7.54. The van der Waals surface area contributed by atoms with Gasteiger partial charge in [-0.3, -0.25) is 4.79 Å². The van der Waals surface area contributed by atoms with E-state index in [2.05, 4.69) is 27.6 Å². The Hall–Kier alpha value is -1.11. The molecule has 20 heavy (non-hydrogen) atoms. The van der Waals surface area contributed by atoms with Crippen LogP contribution in [0, 0.1) is 3.57 Å². The summed E-state index contributed by atoms with van der Waals surface area (Å²) in [5.74, 6) is 0. The lowest BCUT2D eigenvalue weighted by molar-refractivity contribution is 0.964. The second kappa shape index (κ2) is 5.35. The van der Waals surface area contributed by atoms with Crippen LogP contribution in [0.3, 0.4) is 0 Å². The predicted octanol–water partition coefficient (Wildman–Crippen LogP) is 4.30. The number of benzene rings is 2. The summed E-state index contributed by atoms with van der Waals surface area (Å²) in [6, 6.07) is 12.5. The van der Waals surface area contributed by atoms with E-state index >= 15 is 0 Å². The third-order valence-electron chi connectivity index (χ3n) is 2.88. The van der Waals surface area contributed by atoms with Gasteiger partial charge < -0.3 is 0 Å². The molecule has 100 valence electrons. The average Bonchev–Trinajstić information content (AvgIpc) is 2.42. The lowest BCUT2D eigenvalue weighted by atomic mass is 10.2. The summed E-state index contributed by atoms with van der Waals surface area (Å²) in [6.45, 7) is 0. The van der Waals surface area contributed by atoms with Crippen molar-refractivity contribution in [1.82, 2.24) is 9.55 Å². The molecule has 3 nitrogen and oxygen atoms in total. The molecule has 0 spiro atoms. The van der Waals surface area contributed by atoms with Gasteiger partial charge in [0, 0.05) is 3.57 Å². The maximum absolute atomic E-state index is 12.6. The number of para-hydroxylation sites is 1.